The molecule has 0 aliphatic heterocycles. The van der Waals surface area contributed by atoms with Gasteiger partial charge in [0.15, 0.2) is 0 Å². The molecule has 2 aromatic carbocycles. The topological polar surface area (TPSA) is 20.2 Å². The average molecular weight is 202 g/mol. The Bertz CT molecular complexity index is 544. The van der Waals surface area contributed by atoms with Gasteiger partial charge in [-0.15, -0.1) is 0 Å². The van der Waals surface area contributed by atoms with Crippen LogP contribution in [-0.4, -0.2) is 5.11 Å². The van der Waals surface area contributed by atoms with Gasteiger partial charge >= 0.3 is 0 Å². The molecule has 0 spiro atoms. The molecule has 0 radical (unpaired) electrons. The van der Waals surface area contributed by atoms with Crippen molar-refractivity contribution in [3.05, 3.63) is 47.8 Å². The van der Waals surface area contributed by atoms with Gasteiger partial charge in [0.25, 0.3) is 0 Å². The summed E-state index contributed by atoms with van der Waals surface area (Å²) in [6.07, 6.45) is 1.50. The number of rotatable bonds is 1. The maximum absolute atomic E-state index is 13.5. The molecule has 0 amide bonds. The van der Waals surface area contributed by atoms with E-state index in [1.54, 1.807) is 18.2 Å². The van der Waals surface area contributed by atoms with Crippen LogP contribution in [-0.2, 0) is 0 Å². The summed E-state index contributed by atoms with van der Waals surface area (Å²) in [4.78, 5) is 0. The van der Waals surface area contributed by atoms with Crippen LogP contribution in [0.25, 0.3) is 16.8 Å². The van der Waals surface area contributed by atoms with E-state index in [9.17, 15) is 9.50 Å². The highest BCUT2D eigenvalue weighted by atomic mass is 19.1. The first-order valence-corrected chi connectivity index (χ1v) is 4.67. The third-order valence-corrected chi connectivity index (χ3v) is 2.49. The van der Waals surface area contributed by atoms with Crippen molar-refractivity contribution < 1.29 is 9.50 Å². The van der Waals surface area contributed by atoms with Gasteiger partial charge in [-0.1, -0.05) is 18.7 Å². The zero-order valence-corrected chi connectivity index (χ0v) is 8.42. The largest absolute Gasteiger partial charge is 0.508 e. The molecule has 1 N–H and O–H groups in total. The standard InChI is InChI=1S/C13H11FO/c1-3-11-12(14)5-4-9-7-10(15)6-8(2)13(9)11/h3-7,15H,1H2,2H3. The third kappa shape index (κ3) is 1.48. The molecule has 1 nitrogen and oxygen atoms in total. The lowest BCUT2D eigenvalue weighted by Crippen LogP contribution is -1.88. The van der Waals surface area contributed by atoms with Crippen LogP contribution in [0.4, 0.5) is 4.39 Å². The van der Waals surface area contributed by atoms with E-state index in [0.29, 0.717) is 5.56 Å². The number of hydrogen-bond donors (Lipinski definition) is 1. The van der Waals surface area contributed by atoms with Gasteiger partial charge in [-0.2, -0.15) is 0 Å². The summed E-state index contributed by atoms with van der Waals surface area (Å²) in [6.45, 7) is 5.44. The van der Waals surface area contributed by atoms with Crippen LogP contribution in [0.3, 0.4) is 0 Å². The van der Waals surface area contributed by atoms with Crippen LogP contribution in [0.1, 0.15) is 11.1 Å². The zero-order valence-electron chi connectivity index (χ0n) is 8.42. The number of phenols is 1. The summed E-state index contributed by atoms with van der Waals surface area (Å²) in [5, 5.41) is 11.1. The summed E-state index contributed by atoms with van der Waals surface area (Å²) < 4.78 is 13.5. The molecule has 0 fully saturated rings. The predicted molar refractivity (Wildman–Crippen MR) is 60.4 cm³/mol. The Balaban J connectivity index is 2.97. The van der Waals surface area contributed by atoms with Crippen LogP contribution in [0.5, 0.6) is 5.75 Å². The van der Waals surface area contributed by atoms with Gasteiger partial charge in [-0.05, 0) is 41.5 Å². The number of halogens is 1. The number of aromatic hydroxyl groups is 1. The number of fused-ring (bicyclic) bond motifs is 1. The maximum atomic E-state index is 13.5. The molecular weight excluding hydrogens is 191 g/mol. The Labute approximate surface area is 87.5 Å². The van der Waals surface area contributed by atoms with Crippen molar-refractivity contribution in [1.82, 2.24) is 0 Å². The first kappa shape index (κ1) is 9.71. The highest BCUT2D eigenvalue weighted by molar-refractivity contribution is 5.94. The van der Waals surface area contributed by atoms with Crippen LogP contribution in [0.15, 0.2) is 30.8 Å². The number of benzene rings is 2. The van der Waals surface area contributed by atoms with Crippen LogP contribution < -0.4 is 0 Å². The van der Waals surface area contributed by atoms with E-state index in [1.807, 2.05) is 6.92 Å². The van der Waals surface area contributed by atoms with Crippen LogP contribution >= 0.6 is 0 Å². The van der Waals surface area contributed by atoms with E-state index in [0.717, 1.165) is 16.3 Å². The van der Waals surface area contributed by atoms with Gasteiger partial charge in [-0.3, -0.25) is 0 Å². The molecule has 76 valence electrons. The van der Waals surface area contributed by atoms with Crippen molar-refractivity contribution in [3.63, 3.8) is 0 Å². The molecule has 0 aliphatic rings. The lowest BCUT2D eigenvalue weighted by atomic mass is 9.99. The number of phenolic OH excluding ortho intramolecular Hbond substituents is 1. The SMILES string of the molecule is C=Cc1c(F)ccc2cc(O)cc(C)c12. The quantitative estimate of drug-likeness (QED) is 0.748. The minimum absolute atomic E-state index is 0.196. The van der Waals surface area contributed by atoms with Crippen molar-refractivity contribution in [2.24, 2.45) is 0 Å². The lowest BCUT2D eigenvalue weighted by Gasteiger charge is -2.07. The molecule has 0 aliphatic carbocycles. The summed E-state index contributed by atoms with van der Waals surface area (Å²) in [7, 11) is 0. The van der Waals surface area contributed by atoms with Crippen molar-refractivity contribution in [2.45, 2.75) is 6.92 Å². The summed E-state index contributed by atoms with van der Waals surface area (Å²) in [5.74, 6) is -0.0899. The second-order valence-electron chi connectivity index (χ2n) is 3.53. The first-order chi connectivity index (χ1) is 7.13. The van der Waals surface area contributed by atoms with Gasteiger partial charge in [0.2, 0.25) is 0 Å². The fraction of sp³-hybridized carbons (Fsp3) is 0.0769. The fourth-order valence-corrected chi connectivity index (χ4v) is 1.87. The van der Waals surface area contributed by atoms with Gasteiger partial charge in [0.1, 0.15) is 11.6 Å². The van der Waals surface area contributed by atoms with Gasteiger partial charge in [0.05, 0.1) is 0 Å². The van der Waals surface area contributed by atoms with Gasteiger partial charge in [0, 0.05) is 5.56 Å². The van der Waals surface area contributed by atoms with E-state index in [4.69, 9.17) is 0 Å². The molecule has 0 saturated heterocycles. The van der Waals surface area contributed by atoms with E-state index >= 15 is 0 Å². The van der Waals surface area contributed by atoms with Crippen LogP contribution in [0.2, 0.25) is 0 Å². The maximum Gasteiger partial charge on any atom is 0.131 e. The minimum atomic E-state index is -0.286. The monoisotopic (exact) mass is 202 g/mol. The smallest absolute Gasteiger partial charge is 0.131 e. The second-order valence-corrected chi connectivity index (χ2v) is 3.53. The molecule has 2 heteroatoms. The Hall–Kier alpha value is -1.83. The average Bonchev–Trinajstić information content (AvgIpc) is 2.18. The van der Waals surface area contributed by atoms with E-state index in [1.165, 1.54) is 12.1 Å². The Morgan fingerprint density at radius 2 is 2.07 bits per heavy atom. The second kappa shape index (κ2) is 3.39. The normalized spacial score (nSPS) is 10.5. The lowest BCUT2D eigenvalue weighted by molar-refractivity contribution is 0.476. The predicted octanol–water partition coefficient (Wildman–Crippen LogP) is 3.64. The third-order valence-electron chi connectivity index (χ3n) is 2.49. The zero-order chi connectivity index (χ0) is 11.0. The minimum Gasteiger partial charge on any atom is -0.508 e. The molecule has 0 unspecified atom stereocenters. The van der Waals surface area contributed by atoms with E-state index in [-0.39, 0.29) is 11.6 Å². The van der Waals surface area contributed by atoms with Crippen molar-refractivity contribution in [3.8, 4) is 5.75 Å². The number of hydrogen-bond acceptors (Lipinski definition) is 1. The molecule has 2 aromatic rings. The summed E-state index contributed by atoms with van der Waals surface area (Å²) >= 11 is 0. The molecule has 0 atom stereocenters. The van der Waals surface area contributed by atoms with Crippen molar-refractivity contribution >= 4 is 16.8 Å². The highest BCUT2D eigenvalue weighted by Crippen LogP contribution is 2.29. The summed E-state index contributed by atoms with van der Waals surface area (Å²) in [6, 6.07) is 6.28. The summed E-state index contributed by atoms with van der Waals surface area (Å²) in [5.41, 5.74) is 1.34. The van der Waals surface area contributed by atoms with Crippen molar-refractivity contribution in [1.29, 1.82) is 0 Å². The van der Waals surface area contributed by atoms with Crippen LogP contribution in [0, 0.1) is 12.7 Å². The van der Waals surface area contributed by atoms with E-state index in [2.05, 4.69) is 6.58 Å². The Morgan fingerprint density at radius 1 is 1.33 bits per heavy atom. The van der Waals surface area contributed by atoms with Crippen molar-refractivity contribution in [2.75, 3.05) is 0 Å². The Morgan fingerprint density at radius 3 is 2.73 bits per heavy atom. The highest BCUT2D eigenvalue weighted by Gasteiger charge is 2.07. The van der Waals surface area contributed by atoms with Gasteiger partial charge in [-0.25, -0.2) is 4.39 Å². The fourth-order valence-electron chi connectivity index (χ4n) is 1.87. The molecule has 2 rings (SSSR count). The Kier molecular flexibility index (Phi) is 2.19. The molecule has 15 heavy (non-hydrogen) atoms. The first-order valence-electron chi connectivity index (χ1n) is 4.67. The molecule has 0 saturated carbocycles. The molecule has 0 bridgehead atoms. The van der Waals surface area contributed by atoms with E-state index < -0.39 is 0 Å². The molecule has 0 heterocycles. The number of aryl methyl sites for hydroxylation is 1. The molecule has 0 aromatic heterocycles. The molecular formula is C13H11FO. The van der Waals surface area contributed by atoms with Gasteiger partial charge < -0.3 is 5.11 Å².